The summed E-state index contributed by atoms with van der Waals surface area (Å²) < 4.78 is 17.5. The summed E-state index contributed by atoms with van der Waals surface area (Å²) in [4.78, 5) is 11.8. The third-order valence-corrected chi connectivity index (χ3v) is 6.36. The van der Waals surface area contributed by atoms with Crippen molar-refractivity contribution in [2.45, 2.75) is 56.7 Å². The van der Waals surface area contributed by atoms with Gasteiger partial charge in [0.2, 0.25) is 0 Å². The maximum absolute atomic E-state index is 11.8. The van der Waals surface area contributed by atoms with Crippen LogP contribution in [0.4, 0.5) is 0 Å². The SMILES string of the molecule is C=C1C(=O)O[C@@H]2[C@@H]3[C@@](C)(CC[C@@H]12)[C@H]1O[C@H]1[C@H]1O[C@]13C. The van der Waals surface area contributed by atoms with E-state index in [1.54, 1.807) is 0 Å². The highest BCUT2D eigenvalue weighted by molar-refractivity contribution is 5.91. The molecule has 3 heterocycles. The molecule has 19 heavy (non-hydrogen) atoms. The summed E-state index contributed by atoms with van der Waals surface area (Å²) in [5.74, 6) is 0.220. The van der Waals surface area contributed by atoms with Crippen LogP contribution in [0.2, 0.25) is 0 Å². The molecule has 8 atom stereocenters. The minimum atomic E-state index is -0.209. The van der Waals surface area contributed by atoms with Crippen LogP contribution in [-0.4, -0.2) is 36.0 Å². The Morgan fingerprint density at radius 3 is 2.84 bits per heavy atom. The van der Waals surface area contributed by atoms with E-state index in [0.717, 1.165) is 12.8 Å². The number of carbonyl (C=O) groups excluding carboxylic acids is 1. The molecule has 5 aliphatic rings. The molecule has 0 aromatic rings. The van der Waals surface area contributed by atoms with Crippen molar-refractivity contribution in [2.75, 3.05) is 0 Å². The lowest BCUT2D eigenvalue weighted by atomic mass is 9.53. The van der Waals surface area contributed by atoms with Gasteiger partial charge in [0.1, 0.15) is 23.9 Å². The second kappa shape index (κ2) is 2.77. The molecule has 2 aliphatic carbocycles. The molecule has 0 unspecified atom stereocenters. The van der Waals surface area contributed by atoms with Gasteiger partial charge in [-0.2, -0.15) is 0 Å². The molecule has 2 saturated carbocycles. The lowest BCUT2D eigenvalue weighted by Crippen LogP contribution is -2.56. The van der Waals surface area contributed by atoms with Gasteiger partial charge in [-0.15, -0.1) is 0 Å². The van der Waals surface area contributed by atoms with Crippen molar-refractivity contribution >= 4 is 5.97 Å². The predicted octanol–water partition coefficient (Wildman–Crippen LogP) is 1.44. The van der Waals surface area contributed by atoms with Gasteiger partial charge in [0, 0.05) is 22.8 Å². The second-order valence-electron chi connectivity index (χ2n) is 7.27. The number of epoxide rings is 2. The average molecular weight is 262 g/mol. The molecular weight excluding hydrogens is 244 g/mol. The van der Waals surface area contributed by atoms with Crippen molar-refractivity contribution in [2.24, 2.45) is 17.3 Å². The van der Waals surface area contributed by atoms with Crippen LogP contribution in [-0.2, 0) is 19.0 Å². The van der Waals surface area contributed by atoms with Crippen LogP contribution in [0.15, 0.2) is 12.2 Å². The van der Waals surface area contributed by atoms with Gasteiger partial charge in [0.15, 0.2) is 0 Å². The standard InChI is InChI=1S/C15H18O4/c1-6-7-4-5-14(2)10(8(7)18-13(6)16)15(3)12(19-15)9-11(14)17-9/h7-12H,1,4-5H2,2-3H3/t7-,8-,9+,10+,11-,12+,14+,15-/m0/s1. The summed E-state index contributed by atoms with van der Waals surface area (Å²) >= 11 is 0. The third-order valence-electron chi connectivity index (χ3n) is 6.36. The van der Waals surface area contributed by atoms with E-state index in [1.807, 2.05) is 0 Å². The molecule has 0 spiro atoms. The lowest BCUT2D eigenvalue weighted by Gasteiger charge is -2.49. The number of fused-ring (bicyclic) bond motifs is 8. The number of carbonyl (C=O) groups is 1. The highest BCUT2D eigenvalue weighted by Crippen LogP contribution is 2.70. The maximum Gasteiger partial charge on any atom is 0.334 e. The Morgan fingerprint density at radius 1 is 1.26 bits per heavy atom. The number of rotatable bonds is 0. The number of ether oxygens (including phenoxy) is 3. The molecule has 4 nitrogen and oxygen atoms in total. The lowest BCUT2D eigenvalue weighted by molar-refractivity contribution is -0.150. The fraction of sp³-hybridized carbons (Fsp3) is 0.800. The minimum Gasteiger partial charge on any atom is -0.458 e. The topological polar surface area (TPSA) is 51.4 Å². The summed E-state index contributed by atoms with van der Waals surface area (Å²) in [7, 11) is 0. The van der Waals surface area contributed by atoms with Crippen molar-refractivity contribution in [1.82, 2.24) is 0 Å². The first-order valence-corrected chi connectivity index (χ1v) is 7.20. The van der Waals surface area contributed by atoms with E-state index in [4.69, 9.17) is 14.2 Å². The van der Waals surface area contributed by atoms with Crippen molar-refractivity contribution < 1.29 is 19.0 Å². The number of hydrogen-bond donors (Lipinski definition) is 0. The fourth-order valence-corrected chi connectivity index (χ4v) is 5.34. The molecular formula is C15H18O4. The van der Waals surface area contributed by atoms with E-state index >= 15 is 0 Å². The maximum atomic E-state index is 11.8. The summed E-state index contributed by atoms with van der Waals surface area (Å²) in [6, 6.07) is 0. The molecule has 0 radical (unpaired) electrons. The van der Waals surface area contributed by atoms with Crippen molar-refractivity contribution in [3.8, 4) is 0 Å². The highest BCUT2D eigenvalue weighted by Gasteiger charge is 2.82. The van der Waals surface area contributed by atoms with E-state index in [2.05, 4.69) is 20.4 Å². The van der Waals surface area contributed by atoms with Gasteiger partial charge >= 0.3 is 5.97 Å². The van der Waals surface area contributed by atoms with Crippen LogP contribution in [0.5, 0.6) is 0 Å². The van der Waals surface area contributed by atoms with Gasteiger partial charge < -0.3 is 14.2 Å². The van der Waals surface area contributed by atoms with Gasteiger partial charge in [0.05, 0.1) is 6.10 Å². The molecule has 102 valence electrons. The minimum absolute atomic E-state index is 0.0566. The van der Waals surface area contributed by atoms with Gasteiger partial charge in [-0.1, -0.05) is 13.5 Å². The Balaban J connectivity index is 1.62. The first kappa shape index (κ1) is 10.9. The van der Waals surface area contributed by atoms with E-state index in [0.29, 0.717) is 11.7 Å². The van der Waals surface area contributed by atoms with E-state index in [1.165, 1.54) is 0 Å². The summed E-state index contributed by atoms with van der Waals surface area (Å²) in [6.45, 7) is 8.37. The Hall–Kier alpha value is -0.870. The monoisotopic (exact) mass is 262 g/mol. The summed E-state index contributed by atoms with van der Waals surface area (Å²) in [5, 5.41) is 0. The molecule has 0 aromatic heterocycles. The largest absolute Gasteiger partial charge is 0.458 e. The summed E-state index contributed by atoms with van der Waals surface area (Å²) in [6.07, 6.45) is 2.78. The van der Waals surface area contributed by atoms with Gasteiger partial charge in [-0.3, -0.25) is 0 Å². The van der Waals surface area contributed by atoms with Gasteiger partial charge in [0.25, 0.3) is 0 Å². The zero-order valence-electron chi connectivity index (χ0n) is 11.2. The van der Waals surface area contributed by atoms with Crippen molar-refractivity contribution in [1.29, 1.82) is 0 Å². The van der Waals surface area contributed by atoms with Crippen LogP contribution in [0.1, 0.15) is 26.7 Å². The Bertz CT molecular complexity index is 528. The highest BCUT2D eigenvalue weighted by atomic mass is 16.7. The predicted molar refractivity (Wildman–Crippen MR) is 65.3 cm³/mol. The normalized spacial score (nSPS) is 64.5. The molecule has 0 bridgehead atoms. The molecule has 3 aliphatic heterocycles. The van der Waals surface area contributed by atoms with Crippen LogP contribution >= 0.6 is 0 Å². The van der Waals surface area contributed by atoms with Crippen LogP contribution in [0, 0.1) is 17.3 Å². The molecule has 0 N–H and O–H groups in total. The Kier molecular flexibility index (Phi) is 1.58. The molecule has 0 amide bonds. The van der Waals surface area contributed by atoms with Gasteiger partial charge in [-0.25, -0.2) is 4.79 Å². The molecule has 5 rings (SSSR count). The number of hydrogen-bond acceptors (Lipinski definition) is 4. The van der Waals surface area contributed by atoms with Crippen molar-refractivity contribution in [3.63, 3.8) is 0 Å². The first-order chi connectivity index (χ1) is 8.97. The fourth-order valence-electron chi connectivity index (χ4n) is 5.34. The van der Waals surface area contributed by atoms with Crippen LogP contribution < -0.4 is 0 Å². The van der Waals surface area contributed by atoms with Crippen LogP contribution in [0.25, 0.3) is 0 Å². The average Bonchev–Trinajstić information content (AvgIpc) is 3.21. The molecule has 3 saturated heterocycles. The number of esters is 1. The van der Waals surface area contributed by atoms with E-state index in [-0.39, 0.29) is 47.1 Å². The zero-order chi connectivity index (χ0) is 13.2. The smallest absolute Gasteiger partial charge is 0.334 e. The Labute approximate surface area is 112 Å². The third kappa shape index (κ3) is 1.02. The van der Waals surface area contributed by atoms with Crippen molar-refractivity contribution in [3.05, 3.63) is 12.2 Å². The van der Waals surface area contributed by atoms with Gasteiger partial charge in [-0.05, 0) is 19.8 Å². The molecule has 0 aromatic carbocycles. The second-order valence-corrected chi connectivity index (χ2v) is 7.27. The van der Waals surface area contributed by atoms with Crippen LogP contribution in [0.3, 0.4) is 0 Å². The molecule has 5 fully saturated rings. The van der Waals surface area contributed by atoms with E-state index in [9.17, 15) is 4.79 Å². The van der Waals surface area contributed by atoms with E-state index < -0.39 is 0 Å². The molecule has 4 heteroatoms. The quantitative estimate of drug-likeness (QED) is 0.376. The zero-order valence-corrected chi connectivity index (χ0v) is 11.2. The first-order valence-electron chi connectivity index (χ1n) is 7.20. The Morgan fingerprint density at radius 2 is 2.05 bits per heavy atom. The summed E-state index contributed by atoms with van der Waals surface area (Å²) in [5.41, 5.74) is 0.575.